The zero-order valence-electron chi connectivity index (χ0n) is 13.7. The summed E-state index contributed by atoms with van der Waals surface area (Å²) in [7, 11) is 0. The molecule has 0 spiro atoms. The molecule has 112 valence electrons. The molecule has 1 atom stereocenters. The number of hydrogen-bond acceptors (Lipinski definition) is 2. The Morgan fingerprint density at radius 3 is 2.43 bits per heavy atom. The van der Waals surface area contributed by atoms with Crippen LogP contribution in [-0.4, -0.2) is 5.84 Å². The van der Waals surface area contributed by atoms with Gasteiger partial charge in [-0.3, -0.25) is 0 Å². The van der Waals surface area contributed by atoms with E-state index in [1.54, 1.807) is 0 Å². The fourth-order valence-corrected chi connectivity index (χ4v) is 2.80. The molecule has 0 aromatic heterocycles. The Hall–Kier alpha value is -1.12. The Labute approximate surface area is 172 Å². The van der Waals surface area contributed by atoms with Crippen molar-refractivity contribution in [3.63, 3.8) is 0 Å². The summed E-state index contributed by atoms with van der Waals surface area (Å²) in [6.07, 6.45) is 0.927. The molecule has 2 aromatic carbocycles. The van der Waals surface area contributed by atoms with Crippen LogP contribution in [-0.2, 0) is 6.42 Å². The third-order valence-corrected chi connectivity index (χ3v) is 4.10. The van der Waals surface area contributed by atoms with E-state index < -0.39 is 0 Å². The first-order valence-electron chi connectivity index (χ1n) is 7.62. The van der Waals surface area contributed by atoms with E-state index in [2.05, 4.69) is 72.3 Å². The maximum absolute atomic E-state index is 4.35. The second-order valence-electron chi connectivity index (χ2n) is 5.84. The van der Waals surface area contributed by atoms with Gasteiger partial charge in [-0.2, -0.15) is 0 Å². The van der Waals surface area contributed by atoms with Crippen LogP contribution in [0.5, 0.6) is 0 Å². The molecule has 3 heteroatoms. The molecule has 0 aliphatic carbocycles. The minimum Gasteiger partial charge on any atom is -0.435 e. The van der Waals surface area contributed by atoms with Crippen LogP contribution in [0.25, 0.3) is 11.1 Å². The summed E-state index contributed by atoms with van der Waals surface area (Å²) in [5, 5.41) is 3.22. The molecule has 0 amide bonds. The summed E-state index contributed by atoms with van der Waals surface area (Å²) in [5.41, 5.74) is 6.19. The smallest absolute Gasteiger partial charge is 0.435 e. The summed E-state index contributed by atoms with van der Waals surface area (Å²) in [4.78, 5) is 4.35. The predicted octanol–water partition coefficient (Wildman–Crippen LogP) is 4.52. The van der Waals surface area contributed by atoms with Gasteiger partial charge in [0, 0.05) is 0 Å². The van der Waals surface area contributed by atoms with Gasteiger partial charge in [0.2, 0.25) is 0 Å². The molecule has 0 saturated carbocycles. The zero-order valence-corrected chi connectivity index (χ0v) is 17.4. The van der Waals surface area contributed by atoms with Crippen LogP contribution in [0.15, 0.2) is 65.8 Å². The molecule has 1 aliphatic rings. The molecule has 0 fully saturated rings. The van der Waals surface area contributed by atoms with Crippen LogP contribution in [0, 0.1) is 60.7 Å². The fourth-order valence-electron chi connectivity index (χ4n) is 2.80. The van der Waals surface area contributed by atoms with Gasteiger partial charge in [-0.25, -0.2) is 0 Å². The second-order valence-corrected chi connectivity index (χ2v) is 5.84. The van der Waals surface area contributed by atoms with Gasteiger partial charge in [0.05, 0.1) is 0 Å². The Bertz CT molecular complexity index is 717. The number of nitrogens with one attached hydrogen (secondary N) is 1. The monoisotopic (exact) mass is 430 g/mol. The first-order valence-corrected chi connectivity index (χ1v) is 7.62. The van der Waals surface area contributed by atoms with Crippen LogP contribution in [0.2, 0.25) is 0 Å². The van der Waals surface area contributed by atoms with Crippen LogP contribution in [0.4, 0.5) is 0 Å². The van der Waals surface area contributed by atoms with Gasteiger partial charge in [0.1, 0.15) is 0 Å². The Kier molecular flexibility index (Phi) is 6.44. The summed E-state index contributed by atoms with van der Waals surface area (Å²) in [5.74, 6) is 1.17. The van der Waals surface area contributed by atoms with Crippen molar-refractivity contribution in [2.24, 2.45) is 10.9 Å². The molecular weight excluding hydrogens is 409 g/mol. The van der Waals surface area contributed by atoms with Crippen LogP contribution < -0.4 is 5.32 Å². The minimum absolute atomic E-state index is 0. The van der Waals surface area contributed by atoms with Crippen LogP contribution in [0.3, 0.4) is 0 Å². The summed E-state index contributed by atoms with van der Waals surface area (Å²) in [6.45, 7) is 10.2. The standard InChI is InChI=1S/C20H21N2.Pr/c1-14-6-4-5-7-20(14)18-10-8-17(9-11-18)12-19-13-21-16(3)22-15(19)2;/h4-11,13,19H,2,12H2,1,3H3,(H,21,22);/q-1;+3. The molecule has 1 N–H and O–H groups in total. The van der Waals surface area contributed by atoms with E-state index in [4.69, 9.17) is 0 Å². The molecule has 23 heavy (non-hydrogen) atoms. The van der Waals surface area contributed by atoms with Crippen molar-refractivity contribution in [3.05, 3.63) is 78.5 Å². The summed E-state index contributed by atoms with van der Waals surface area (Å²) >= 11 is 0. The van der Waals surface area contributed by atoms with Gasteiger partial charge in [0.25, 0.3) is 0 Å². The fraction of sp³-hybridized carbons (Fsp3) is 0.200. The Balaban J connectivity index is 0.00000192. The normalized spacial score (nSPS) is 16.7. The number of rotatable bonds is 3. The SMILES string of the molecule is C=C1NC(C)=N[CH-]C1Cc1ccc(-c2ccccc2C)cc1.[Pr+3]. The van der Waals surface area contributed by atoms with Crippen molar-refractivity contribution < 1.29 is 41.3 Å². The number of aryl methyl sites for hydroxylation is 1. The summed E-state index contributed by atoms with van der Waals surface area (Å²) in [6, 6.07) is 17.3. The molecule has 3 rings (SSSR count). The van der Waals surface area contributed by atoms with E-state index in [0.717, 1.165) is 18.0 Å². The largest absolute Gasteiger partial charge is 3.00 e. The van der Waals surface area contributed by atoms with Gasteiger partial charge in [-0.15, -0.1) is 6.54 Å². The third-order valence-electron chi connectivity index (χ3n) is 4.10. The van der Waals surface area contributed by atoms with E-state index in [1.165, 1.54) is 22.3 Å². The Morgan fingerprint density at radius 2 is 1.78 bits per heavy atom. The van der Waals surface area contributed by atoms with Crippen LogP contribution in [0.1, 0.15) is 18.1 Å². The molecule has 1 heterocycles. The second kappa shape index (κ2) is 8.12. The maximum atomic E-state index is 4.35. The third kappa shape index (κ3) is 4.46. The van der Waals surface area contributed by atoms with Gasteiger partial charge in [-0.05, 0) is 47.2 Å². The predicted molar refractivity (Wildman–Crippen MR) is 93.5 cm³/mol. The average molecular weight is 430 g/mol. The van der Waals surface area contributed by atoms with Crippen molar-refractivity contribution >= 4 is 5.84 Å². The zero-order chi connectivity index (χ0) is 15.5. The van der Waals surface area contributed by atoms with Gasteiger partial charge < -0.3 is 10.3 Å². The van der Waals surface area contributed by atoms with E-state index >= 15 is 0 Å². The molecule has 0 radical (unpaired) electrons. The van der Waals surface area contributed by atoms with Crippen molar-refractivity contribution in [3.8, 4) is 11.1 Å². The van der Waals surface area contributed by atoms with E-state index in [0.29, 0.717) is 0 Å². The first-order chi connectivity index (χ1) is 10.6. The quantitative estimate of drug-likeness (QED) is 0.712. The molecule has 2 nitrogen and oxygen atoms in total. The van der Waals surface area contributed by atoms with E-state index in [-0.39, 0.29) is 47.2 Å². The number of hydrogen-bond donors (Lipinski definition) is 1. The molecule has 1 unspecified atom stereocenters. The number of benzene rings is 2. The average Bonchev–Trinajstić information content (AvgIpc) is 2.51. The number of nitrogens with zero attached hydrogens (tertiary/aromatic N) is 1. The molecule has 1 aliphatic heterocycles. The molecular formula is C20H21N2Pr+2. The van der Waals surface area contributed by atoms with Crippen molar-refractivity contribution in [1.82, 2.24) is 5.32 Å². The molecule has 0 bridgehead atoms. The van der Waals surface area contributed by atoms with Crippen molar-refractivity contribution in [2.75, 3.05) is 0 Å². The summed E-state index contributed by atoms with van der Waals surface area (Å²) < 4.78 is 0. The first kappa shape index (κ1) is 18.2. The number of aliphatic imine (C=N–C) groups is 1. The molecule has 0 saturated heterocycles. The van der Waals surface area contributed by atoms with E-state index in [1.807, 2.05) is 13.5 Å². The maximum Gasteiger partial charge on any atom is 3.00 e. The topological polar surface area (TPSA) is 24.4 Å². The van der Waals surface area contributed by atoms with E-state index in [9.17, 15) is 0 Å². The van der Waals surface area contributed by atoms with Gasteiger partial charge >= 0.3 is 41.3 Å². The van der Waals surface area contributed by atoms with Crippen molar-refractivity contribution in [2.45, 2.75) is 20.3 Å². The van der Waals surface area contributed by atoms with Gasteiger partial charge in [0.15, 0.2) is 0 Å². The minimum atomic E-state index is 0. The number of amidine groups is 1. The van der Waals surface area contributed by atoms with Crippen molar-refractivity contribution in [1.29, 1.82) is 0 Å². The molecule has 2 aromatic rings. The Morgan fingerprint density at radius 1 is 1.09 bits per heavy atom. The van der Waals surface area contributed by atoms with Crippen LogP contribution >= 0.6 is 0 Å². The van der Waals surface area contributed by atoms with Gasteiger partial charge in [-0.1, -0.05) is 67.9 Å².